The van der Waals surface area contributed by atoms with E-state index in [1.165, 1.54) is 0 Å². The van der Waals surface area contributed by atoms with E-state index in [4.69, 9.17) is 15.3 Å². The normalized spacial score (nSPS) is 31.7. The quantitative estimate of drug-likeness (QED) is 0.142. The van der Waals surface area contributed by atoms with E-state index in [9.17, 15) is 30.0 Å². The van der Waals surface area contributed by atoms with Crippen LogP contribution in [-0.4, -0.2) is 116 Å². The van der Waals surface area contributed by atoms with Crippen LogP contribution in [0.2, 0.25) is 0 Å². The molecule has 10 N–H and O–H groups in total. The number of carbonyl (C=O) groups is 2. The van der Waals surface area contributed by atoms with E-state index in [2.05, 4.69) is 16.0 Å². The predicted molar refractivity (Wildman–Crippen MR) is 91.0 cm³/mol. The first-order valence-corrected chi connectivity index (χ1v) is 8.61. The van der Waals surface area contributed by atoms with Crippen molar-refractivity contribution < 1.29 is 45.3 Å². The van der Waals surface area contributed by atoms with Crippen molar-refractivity contribution in [2.75, 3.05) is 32.8 Å². The van der Waals surface area contributed by atoms with Gasteiger partial charge in [-0.15, -0.1) is 0 Å². The minimum Gasteiger partial charge on any atom is -0.481 e. The number of carboxylic acids is 2. The average Bonchev–Trinajstić information content (AvgIpc) is 2.81. The monoisotopic (exact) mass is 395 g/mol. The summed E-state index contributed by atoms with van der Waals surface area (Å²) in [4.78, 5) is 21.4. The van der Waals surface area contributed by atoms with Crippen molar-refractivity contribution in [2.45, 2.75) is 48.8 Å². The molecule has 12 nitrogen and oxygen atoms in total. The molecule has 158 valence electrons. The van der Waals surface area contributed by atoms with Crippen LogP contribution in [0.4, 0.5) is 0 Å². The summed E-state index contributed by atoms with van der Waals surface area (Å²) in [6, 6.07) is -2.03. The molecule has 12 heteroatoms. The molecule has 1 fully saturated rings. The number of aliphatic carboxylic acids is 2. The fourth-order valence-electron chi connectivity index (χ4n) is 3.25. The van der Waals surface area contributed by atoms with Gasteiger partial charge in [-0.2, -0.15) is 0 Å². The number of nitrogens with one attached hydrogen (secondary N) is 3. The Morgan fingerprint density at radius 2 is 1.56 bits per heavy atom. The number of aliphatic hydroxyl groups is 5. The van der Waals surface area contributed by atoms with Crippen LogP contribution in [0.25, 0.3) is 0 Å². The molecule has 1 saturated carbocycles. The summed E-state index contributed by atoms with van der Waals surface area (Å²) in [6.07, 6.45) is -4.41. The maximum absolute atomic E-state index is 10.7. The molecule has 0 aliphatic heterocycles. The van der Waals surface area contributed by atoms with E-state index < -0.39 is 61.1 Å². The van der Waals surface area contributed by atoms with Gasteiger partial charge in [0.15, 0.2) is 0 Å². The van der Waals surface area contributed by atoms with Gasteiger partial charge in [-0.05, 0) is 0 Å². The van der Waals surface area contributed by atoms with E-state index in [0.717, 1.165) is 0 Å². The van der Waals surface area contributed by atoms with Gasteiger partial charge >= 0.3 is 11.9 Å². The Labute approximate surface area is 155 Å². The van der Waals surface area contributed by atoms with E-state index in [0.29, 0.717) is 0 Å². The number of hydrogen-bond donors (Lipinski definition) is 10. The number of β-amino-alcohol motifs (C(OH)–C–C–N with tert-alkyl or cyclic N) is 1. The molecule has 0 saturated heterocycles. The molecule has 1 aliphatic rings. The maximum atomic E-state index is 10.7. The van der Waals surface area contributed by atoms with Crippen molar-refractivity contribution in [1.29, 1.82) is 0 Å². The first kappa shape index (κ1) is 23.7. The third-order valence-electron chi connectivity index (χ3n) is 4.69. The largest absolute Gasteiger partial charge is 0.481 e. The van der Waals surface area contributed by atoms with Crippen LogP contribution in [0.15, 0.2) is 0 Å². The Kier molecular flexibility index (Phi) is 9.49. The lowest BCUT2D eigenvalue weighted by Crippen LogP contribution is -2.67. The topological polar surface area (TPSA) is 212 Å². The molecule has 0 aromatic heterocycles. The summed E-state index contributed by atoms with van der Waals surface area (Å²) >= 11 is 0. The first-order chi connectivity index (χ1) is 12.7. The summed E-state index contributed by atoms with van der Waals surface area (Å²) in [5, 5.41) is 75.6. The van der Waals surface area contributed by atoms with Crippen molar-refractivity contribution in [2.24, 2.45) is 0 Å². The molecule has 0 aromatic carbocycles. The van der Waals surface area contributed by atoms with Gasteiger partial charge in [-0.3, -0.25) is 9.59 Å². The van der Waals surface area contributed by atoms with Crippen LogP contribution in [0.5, 0.6) is 0 Å². The molecule has 1 aliphatic carbocycles. The fourth-order valence-corrected chi connectivity index (χ4v) is 3.25. The van der Waals surface area contributed by atoms with Crippen LogP contribution in [0.3, 0.4) is 0 Å². The molecule has 0 bridgehead atoms. The van der Waals surface area contributed by atoms with E-state index in [1.54, 1.807) is 0 Å². The highest BCUT2D eigenvalue weighted by Gasteiger charge is 2.59. The summed E-state index contributed by atoms with van der Waals surface area (Å²) in [5.74, 6) is -2.15. The minimum absolute atomic E-state index is 0.0449. The zero-order chi connectivity index (χ0) is 20.6. The van der Waals surface area contributed by atoms with E-state index in [1.807, 2.05) is 0 Å². The van der Waals surface area contributed by atoms with Crippen molar-refractivity contribution in [3.63, 3.8) is 0 Å². The molecule has 0 spiro atoms. The van der Waals surface area contributed by atoms with Gasteiger partial charge in [-0.25, -0.2) is 0 Å². The summed E-state index contributed by atoms with van der Waals surface area (Å²) in [6.45, 7) is -1.55. The zero-order valence-electron chi connectivity index (χ0n) is 14.8. The molecule has 6 atom stereocenters. The number of rotatable bonds is 13. The Balaban J connectivity index is 2.98. The Morgan fingerprint density at radius 1 is 1.00 bits per heavy atom. The Bertz CT molecular complexity index is 495. The van der Waals surface area contributed by atoms with Crippen molar-refractivity contribution in [3.8, 4) is 0 Å². The van der Waals surface area contributed by atoms with E-state index >= 15 is 0 Å². The highest BCUT2D eigenvalue weighted by atomic mass is 16.4. The highest BCUT2D eigenvalue weighted by molar-refractivity contribution is 5.67. The third kappa shape index (κ3) is 6.05. The molecule has 0 heterocycles. The second-order valence-corrected chi connectivity index (χ2v) is 6.55. The van der Waals surface area contributed by atoms with Gasteiger partial charge in [0.2, 0.25) is 0 Å². The molecule has 0 aromatic rings. The summed E-state index contributed by atoms with van der Waals surface area (Å²) in [7, 11) is 0. The lowest BCUT2D eigenvalue weighted by atomic mass is 9.90. The number of aliphatic hydroxyl groups excluding tert-OH is 5. The number of carboxylic acid groups (broad SMARTS) is 2. The van der Waals surface area contributed by atoms with Crippen LogP contribution in [0.1, 0.15) is 12.8 Å². The second kappa shape index (κ2) is 10.8. The maximum Gasteiger partial charge on any atom is 0.304 e. The average molecular weight is 395 g/mol. The fraction of sp³-hybridized carbons (Fsp3) is 0.867. The van der Waals surface area contributed by atoms with E-state index in [-0.39, 0.29) is 32.5 Å². The molecule has 1 rings (SSSR count). The van der Waals surface area contributed by atoms with Gasteiger partial charge in [0.05, 0.1) is 62.0 Å². The van der Waals surface area contributed by atoms with Gasteiger partial charge in [-0.1, -0.05) is 0 Å². The highest BCUT2D eigenvalue weighted by Crippen LogP contribution is 2.31. The van der Waals surface area contributed by atoms with Gasteiger partial charge in [0, 0.05) is 19.6 Å². The molecule has 0 radical (unpaired) electrons. The molecule has 0 amide bonds. The molecular formula is C15H29N3O9. The van der Waals surface area contributed by atoms with Crippen molar-refractivity contribution >= 4 is 11.9 Å². The van der Waals surface area contributed by atoms with Gasteiger partial charge in [0.1, 0.15) is 0 Å². The van der Waals surface area contributed by atoms with Crippen LogP contribution in [0, 0.1) is 0 Å². The first-order valence-electron chi connectivity index (χ1n) is 8.61. The Morgan fingerprint density at radius 3 is 2.04 bits per heavy atom. The molecule has 6 unspecified atom stereocenters. The summed E-state index contributed by atoms with van der Waals surface area (Å²) in [5.41, 5.74) is -1.56. The summed E-state index contributed by atoms with van der Waals surface area (Å²) < 4.78 is 0. The smallest absolute Gasteiger partial charge is 0.304 e. The molecular weight excluding hydrogens is 366 g/mol. The lowest BCUT2D eigenvalue weighted by molar-refractivity contribution is -0.138. The lowest BCUT2D eigenvalue weighted by Gasteiger charge is -2.39. The van der Waals surface area contributed by atoms with Crippen molar-refractivity contribution in [1.82, 2.24) is 16.0 Å². The molecule has 27 heavy (non-hydrogen) atoms. The number of hydrogen-bond acceptors (Lipinski definition) is 10. The zero-order valence-corrected chi connectivity index (χ0v) is 14.8. The van der Waals surface area contributed by atoms with Crippen LogP contribution >= 0.6 is 0 Å². The predicted octanol–water partition coefficient (Wildman–Crippen LogP) is -4.74. The van der Waals surface area contributed by atoms with Crippen LogP contribution < -0.4 is 16.0 Å². The standard InChI is InChI=1S/C15H29N3O9/c19-6-8(21)5-18-15(7-20)13(17-4-2-10(24)25)12(26)11(14(15)27)16-3-1-9(22)23/h8,11-14,16-21,26-27H,1-7H2,(H,22,23)(H,24,25). The van der Waals surface area contributed by atoms with Gasteiger partial charge in [0.25, 0.3) is 0 Å². The van der Waals surface area contributed by atoms with Crippen LogP contribution in [-0.2, 0) is 9.59 Å². The van der Waals surface area contributed by atoms with Crippen molar-refractivity contribution in [3.05, 3.63) is 0 Å². The Hall–Kier alpha value is -1.38. The SMILES string of the molecule is O=C(O)CCNC1C(O)C(NCCC(=O)O)C(CO)(NCC(O)CO)C1O. The minimum atomic E-state index is -1.56. The van der Waals surface area contributed by atoms with Gasteiger partial charge < -0.3 is 51.7 Å². The third-order valence-corrected chi connectivity index (χ3v) is 4.69. The second-order valence-electron chi connectivity index (χ2n) is 6.55.